The third kappa shape index (κ3) is 3.65. The summed E-state index contributed by atoms with van der Waals surface area (Å²) in [6, 6.07) is 3.75. The summed E-state index contributed by atoms with van der Waals surface area (Å²) in [6.45, 7) is 7.74. The summed E-state index contributed by atoms with van der Waals surface area (Å²) in [4.78, 5) is 0. The van der Waals surface area contributed by atoms with E-state index in [2.05, 4.69) is 46.7 Å². The van der Waals surface area contributed by atoms with E-state index in [0.29, 0.717) is 11.1 Å². The van der Waals surface area contributed by atoms with E-state index in [-0.39, 0.29) is 0 Å². The number of rotatable bonds is 5. The molecule has 98 valence electrons. The average molecular weight is 248 g/mol. The SMILES string of the molecule is CC(C)(C)CCCCNc1ccc2nnnn2n1. The minimum atomic E-state index is 0.420. The van der Waals surface area contributed by atoms with Crippen LogP contribution in [0, 0.1) is 5.41 Å². The van der Waals surface area contributed by atoms with E-state index < -0.39 is 0 Å². The summed E-state index contributed by atoms with van der Waals surface area (Å²) >= 11 is 0. The molecule has 0 saturated heterocycles. The van der Waals surface area contributed by atoms with Gasteiger partial charge in [0.25, 0.3) is 0 Å². The van der Waals surface area contributed by atoms with Crippen molar-refractivity contribution in [1.29, 1.82) is 0 Å². The number of aromatic nitrogens is 5. The van der Waals surface area contributed by atoms with Crippen molar-refractivity contribution in [3.63, 3.8) is 0 Å². The highest BCUT2D eigenvalue weighted by atomic mass is 15.6. The zero-order valence-electron chi connectivity index (χ0n) is 11.2. The Balaban J connectivity index is 1.76. The second kappa shape index (κ2) is 5.29. The molecule has 6 heteroatoms. The van der Waals surface area contributed by atoms with Crippen LogP contribution in [0.1, 0.15) is 40.0 Å². The van der Waals surface area contributed by atoms with Crippen LogP contribution in [0.25, 0.3) is 5.65 Å². The summed E-state index contributed by atoms with van der Waals surface area (Å²) in [5, 5.41) is 18.7. The highest BCUT2D eigenvalue weighted by Gasteiger charge is 2.08. The lowest BCUT2D eigenvalue weighted by molar-refractivity contribution is 0.362. The van der Waals surface area contributed by atoms with Crippen molar-refractivity contribution in [1.82, 2.24) is 25.3 Å². The molecule has 2 rings (SSSR count). The summed E-state index contributed by atoms with van der Waals surface area (Å²) in [5.41, 5.74) is 1.08. The minimum Gasteiger partial charge on any atom is -0.369 e. The third-order valence-corrected chi connectivity index (χ3v) is 2.73. The maximum atomic E-state index is 4.25. The van der Waals surface area contributed by atoms with Gasteiger partial charge in [-0.05, 0) is 40.8 Å². The van der Waals surface area contributed by atoms with Gasteiger partial charge in [0.15, 0.2) is 5.65 Å². The lowest BCUT2D eigenvalue weighted by Gasteiger charge is -2.17. The molecule has 0 aliphatic heterocycles. The van der Waals surface area contributed by atoms with Gasteiger partial charge < -0.3 is 5.32 Å². The van der Waals surface area contributed by atoms with E-state index in [0.717, 1.165) is 18.8 Å². The third-order valence-electron chi connectivity index (χ3n) is 2.73. The molecule has 0 aromatic carbocycles. The molecule has 6 nitrogen and oxygen atoms in total. The van der Waals surface area contributed by atoms with E-state index in [1.54, 1.807) is 0 Å². The first-order valence-corrected chi connectivity index (χ1v) is 6.34. The minimum absolute atomic E-state index is 0.420. The van der Waals surface area contributed by atoms with Crippen molar-refractivity contribution in [2.24, 2.45) is 5.41 Å². The molecule has 0 amide bonds. The quantitative estimate of drug-likeness (QED) is 0.821. The molecular formula is C12H20N6. The van der Waals surface area contributed by atoms with E-state index >= 15 is 0 Å². The standard InChI is InChI=1S/C12H20N6/c1-12(2,3)8-4-5-9-13-10-6-7-11-14-16-17-18(11)15-10/h6-7H,4-5,8-9H2,1-3H3,(H,13,15). The first-order valence-electron chi connectivity index (χ1n) is 6.34. The fraction of sp³-hybridized carbons (Fsp3) is 0.667. The van der Waals surface area contributed by atoms with Gasteiger partial charge in [-0.1, -0.05) is 27.2 Å². The van der Waals surface area contributed by atoms with Crippen LogP contribution in [0.3, 0.4) is 0 Å². The molecule has 2 heterocycles. The maximum absolute atomic E-state index is 4.25. The zero-order valence-corrected chi connectivity index (χ0v) is 11.2. The Hall–Kier alpha value is -1.72. The molecule has 0 bridgehead atoms. The van der Waals surface area contributed by atoms with Gasteiger partial charge in [-0.2, -0.15) is 0 Å². The lowest BCUT2D eigenvalue weighted by Crippen LogP contribution is -2.08. The summed E-state index contributed by atoms with van der Waals surface area (Å²) in [7, 11) is 0. The Morgan fingerprint density at radius 3 is 2.83 bits per heavy atom. The van der Waals surface area contributed by atoms with Gasteiger partial charge in [0.1, 0.15) is 5.82 Å². The van der Waals surface area contributed by atoms with Crippen molar-refractivity contribution in [3.05, 3.63) is 12.1 Å². The van der Waals surface area contributed by atoms with Gasteiger partial charge in [0.05, 0.1) is 0 Å². The molecule has 0 aliphatic rings. The van der Waals surface area contributed by atoms with Crippen LogP contribution in [0.2, 0.25) is 0 Å². The molecular weight excluding hydrogens is 228 g/mol. The van der Waals surface area contributed by atoms with Crippen molar-refractivity contribution in [2.75, 3.05) is 11.9 Å². The van der Waals surface area contributed by atoms with Gasteiger partial charge in [-0.15, -0.1) is 14.8 Å². The Morgan fingerprint density at radius 1 is 1.22 bits per heavy atom. The van der Waals surface area contributed by atoms with Gasteiger partial charge in [-0.25, -0.2) is 0 Å². The predicted octanol–water partition coefficient (Wildman–Crippen LogP) is 2.15. The van der Waals surface area contributed by atoms with Gasteiger partial charge in [0.2, 0.25) is 0 Å². The second-order valence-electron chi connectivity index (χ2n) is 5.69. The van der Waals surface area contributed by atoms with Crippen molar-refractivity contribution >= 4 is 11.5 Å². The Morgan fingerprint density at radius 2 is 2.06 bits per heavy atom. The van der Waals surface area contributed by atoms with Gasteiger partial charge in [-0.3, -0.25) is 0 Å². The Kier molecular flexibility index (Phi) is 3.74. The van der Waals surface area contributed by atoms with Crippen molar-refractivity contribution < 1.29 is 0 Å². The molecule has 0 atom stereocenters. The maximum Gasteiger partial charge on any atom is 0.200 e. The van der Waals surface area contributed by atoms with Crippen LogP contribution < -0.4 is 5.32 Å². The number of fused-ring (bicyclic) bond motifs is 1. The highest BCUT2D eigenvalue weighted by Crippen LogP contribution is 2.21. The summed E-state index contributed by atoms with van der Waals surface area (Å²) < 4.78 is 1.43. The van der Waals surface area contributed by atoms with E-state index in [9.17, 15) is 0 Å². The number of hydrogen-bond donors (Lipinski definition) is 1. The molecule has 0 fully saturated rings. The number of hydrogen-bond acceptors (Lipinski definition) is 5. The van der Waals surface area contributed by atoms with Crippen LogP contribution in [0.15, 0.2) is 12.1 Å². The largest absolute Gasteiger partial charge is 0.369 e. The summed E-state index contributed by atoms with van der Waals surface area (Å²) in [5.74, 6) is 0.811. The molecule has 0 radical (unpaired) electrons. The Labute approximate surface area is 107 Å². The molecule has 1 N–H and O–H groups in total. The molecule has 0 unspecified atom stereocenters. The second-order valence-corrected chi connectivity index (χ2v) is 5.69. The van der Waals surface area contributed by atoms with Crippen LogP contribution in [0.5, 0.6) is 0 Å². The molecule has 2 aromatic rings. The number of unbranched alkanes of at least 4 members (excludes halogenated alkanes) is 1. The number of nitrogens with zero attached hydrogens (tertiary/aromatic N) is 5. The molecule has 0 saturated carbocycles. The normalized spacial score (nSPS) is 11.9. The predicted molar refractivity (Wildman–Crippen MR) is 70.4 cm³/mol. The fourth-order valence-corrected chi connectivity index (χ4v) is 1.74. The van der Waals surface area contributed by atoms with E-state index in [4.69, 9.17) is 0 Å². The first kappa shape index (κ1) is 12.7. The smallest absolute Gasteiger partial charge is 0.200 e. The van der Waals surface area contributed by atoms with Gasteiger partial charge in [0, 0.05) is 6.54 Å². The number of nitrogens with one attached hydrogen (secondary N) is 1. The molecule has 2 aromatic heterocycles. The monoisotopic (exact) mass is 248 g/mol. The van der Waals surface area contributed by atoms with Crippen molar-refractivity contribution in [2.45, 2.75) is 40.0 Å². The summed E-state index contributed by atoms with van der Waals surface area (Å²) in [6.07, 6.45) is 3.62. The fourth-order valence-electron chi connectivity index (χ4n) is 1.74. The van der Waals surface area contributed by atoms with Crippen LogP contribution >= 0.6 is 0 Å². The van der Waals surface area contributed by atoms with Crippen LogP contribution in [-0.2, 0) is 0 Å². The average Bonchev–Trinajstić information content (AvgIpc) is 2.74. The van der Waals surface area contributed by atoms with Crippen molar-refractivity contribution in [3.8, 4) is 0 Å². The molecule has 0 aliphatic carbocycles. The molecule has 18 heavy (non-hydrogen) atoms. The number of tetrazole rings is 1. The highest BCUT2D eigenvalue weighted by molar-refractivity contribution is 5.41. The van der Waals surface area contributed by atoms with Crippen LogP contribution in [-0.4, -0.2) is 31.8 Å². The zero-order chi connectivity index (χ0) is 13.0. The Bertz CT molecular complexity index is 498. The van der Waals surface area contributed by atoms with Crippen LogP contribution in [0.4, 0.5) is 5.82 Å². The number of anilines is 1. The van der Waals surface area contributed by atoms with E-state index in [1.165, 1.54) is 17.5 Å². The topological polar surface area (TPSA) is 68.0 Å². The first-order chi connectivity index (χ1) is 8.54. The van der Waals surface area contributed by atoms with E-state index in [1.807, 2.05) is 12.1 Å². The molecule has 0 spiro atoms. The lowest BCUT2D eigenvalue weighted by atomic mass is 9.90. The van der Waals surface area contributed by atoms with Gasteiger partial charge >= 0.3 is 0 Å².